The second-order valence-corrected chi connectivity index (χ2v) is 7.53. The molecule has 4 nitrogen and oxygen atoms in total. The molecule has 0 radical (unpaired) electrons. The highest BCUT2D eigenvalue weighted by Gasteiger charge is 2.34. The van der Waals surface area contributed by atoms with E-state index in [-0.39, 0.29) is 29.4 Å². The number of ether oxygens (including phenoxy) is 1. The van der Waals surface area contributed by atoms with Crippen LogP contribution >= 0.6 is 39.9 Å². The number of aliphatic imine (C=N–C) groups is 1. The average molecular weight is 520 g/mol. The third-order valence-electron chi connectivity index (χ3n) is 5.07. The van der Waals surface area contributed by atoms with E-state index in [9.17, 15) is 0 Å². The number of hydrogen-bond acceptors (Lipinski definition) is 2. The lowest BCUT2D eigenvalue weighted by molar-refractivity contribution is 0.0513. The van der Waals surface area contributed by atoms with Crippen molar-refractivity contribution in [2.45, 2.75) is 37.1 Å². The number of benzene rings is 1. The minimum Gasteiger partial charge on any atom is -0.381 e. The van der Waals surface area contributed by atoms with Crippen LogP contribution < -0.4 is 10.6 Å². The monoisotopic (exact) mass is 519 g/mol. The fraction of sp³-hybridized carbons (Fsp3) is 0.526. The summed E-state index contributed by atoms with van der Waals surface area (Å²) in [6.07, 6.45) is 8.67. The van der Waals surface area contributed by atoms with Gasteiger partial charge in [-0.3, -0.25) is 4.99 Å². The Bertz CT molecular complexity index is 589. The Hall–Kier alpha value is -0.600. The normalized spacial score (nSPS) is 20.2. The van der Waals surface area contributed by atoms with Gasteiger partial charge in [-0.25, -0.2) is 0 Å². The minimum absolute atomic E-state index is 0. The van der Waals surface area contributed by atoms with Gasteiger partial charge in [-0.2, -0.15) is 0 Å². The number of guanidine groups is 1. The first kappa shape index (κ1) is 20.7. The SMILES string of the molecule is CN=C(NCC1(c2ccc(Br)cc2)CCOCC1)NC1CC=CC1.I. The number of nitrogens with zero attached hydrogens (tertiary/aromatic N) is 1. The van der Waals surface area contributed by atoms with Gasteiger partial charge in [0.2, 0.25) is 0 Å². The van der Waals surface area contributed by atoms with Crippen LogP contribution in [0.1, 0.15) is 31.2 Å². The molecule has 6 heteroatoms. The summed E-state index contributed by atoms with van der Waals surface area (Å²) in [7, 11) is 1.84. The molecule has 0 bridgehead atoms. The molecule has 1 heterocycles. The van der Waals surface area contributed by atoms with Crippen LogP contribution in [-0.4, -0.2) is 38.8 Å². The van der Waals surface area contributed by atoms with Gasteiger partial charge in [0.05, 0.1) is 0 Å². The molecule has 0 unspecified atom stereocenters. The zero-order valence-corrected chi connectivity index (χ0v) is 18.5. The summed E-state index contributed by atoms with van der Waals surface area (Å²) >= 11 is 3.53. The lowest BCUT2D eigenvalue weighted by Crippen LogP contribution is -2.49. The van der Waals surface area contributed by atoms with Crippen molar-refractivity contribution < 1.29 is 4.74 Å². The number of rotatable bonds is 4. The largest absolute Gasteiger partial charge is 0.381 e. The maximum atomic E-state index is 5.62. The van der Waals surface area contributed by atoms with Gasteiger partial charge in [-0.1, -0.05) is 40.2 Å². The van der Waals surface area contributed by atoms with E-state index in [2.05, 4.69) is 68.0 Å². The second-order valence-electron chi connectivity index (χ2n) is 6.61. The molecule has 1 saturated heterocycles. The van der Waals surface area contributed by atoms with E-state index >= 15 is 0 Å². The summed E-state index contributed by atoms with van der Waals surface area (Å²) in [6.45, 7) is 2.50. The van der Waals surface area contributed by atoms with Crippen LogP contribution in [0.15, 0.2) is 45.9 Å². The van der Waals surface area contributed by atoms with Crippen LogP contribution in [-0.2, 0) is 10.2 Å². The molecule has 2 aliphatic rings. The van der Waals surface area contributed by atoms with Gasteiger partial charge in [0, 0.05) is 42.7 Å². The molecule has 1 fully saturated rings. The molecule has 1 aliphatic carbocycles. The molecule has 0 saturated carbocycles. The Morgan fingerprint density at radius 1 is 1.20 bits per heavy atom. The second kappa shape index (κ2) is 9.92. The summed E-state index contributed by atoms with van der Waals surface area (Å²) in [5.41, 5.74) is 1.48. The van der Waals surface area contributed by atoms with Crippen molar-refractivity contribution in [3.05, 3.63) is 46.5 Å². The van der Waals surface area contributed by atoms with E-state index in [4.69, 9.17) is 4.74 Å². The predicted octanol–water partition coefficient (Wildman–Crippen LogP) is 4.00. The fourth-order valence-electron chi connectivity index (χ4n) is 3.51. The molecular weight excluding hydrogens is 493 g/mol. The first-order chi connectivity index (χ1) is 11.7. The summed E-state index contributed by atoms with van der Waals surface area (Å²) in [5.74, 6) is 0.895. The van der Waals surface area contributed by atoms with Crippen molar-refractivity contribution in [3.8, 4) is 0 Å². The summed E-state index contributed by atoms with van der Waals surface area (Å²) in [5, 5.41) is 7.08. The molecule has 1 aromatic carbocycles. The third-order valence-corrected chi connectivity index (χ3v) is 5.60. The molecule has 1 aromatic rings. The molecule has 3 rings (SSSR count). The van der Waals surface area contributed by atoms with Gasteiger partial charge in [0.25, 0.3) is 0 Å². The van der Waals surface area contributed by atoms with Crippen LogP contribution in [0.2, 0.25) is 0 Å². The first-order valence-electron chi connectivity index (χ1n) is 8.68. The van der Waals surface area contributed by atoms with E-state index in [0.29, 0.717) is 6.04 Å². The van der Waals surface area contributed by atoms with Crippen molar-refractivity contribution in [1.82, 2.24) is 10.6 Å². The summed E-state index contributed by atoms with van der Waals surface area (Å²) in [6, 6.07) is 9.19. The Balaban J connectivity index is 0.00000225. The lowest BCUT2D eigenvalue weighted by Gasteiger charge is -2.38. The number of halogens is 2. The van der Waals surface area contributed by atoms with E-state index in [0.717, 1.165) is 55.9 Å². The van der Waals surface area contributed by atoms with Gasteiger partial charge >= 0.3 is 0 Å². The lowest BCUT2D eigenvalue weighted by atomic mass is 9.74. The van der Waals surface area contributed by atoms with Crippen LogP contribution in [0.25, 0.3) is 0 Å². The average Bonchev–Trinajstić information content (AvgIpc) is 3.13. The third kappa shape index (κ3) is 5.44. The molecule has 1 aliphatic heterocycles. The molecule has 2 N–H and O–H groups in total. The minimum atomic E-state index is 0. The van der Waals surface area contributed by atoms with Crippen LogP contribution in [0.4, 0.5) is 0 Å². The molecular formula is C19H27BrIN3O. The molecule has 0 aromatic heterocycles. The zero-order valence-electron chi connectivity index (χ0n) is 14.6. The van der Waals surface area contributed by atoms with E-state index < -0.39 is 0 Å². The maximum absolute atomic E-state index is 5.62. The number of nitrogens with one attached hydrogen (secondary N) is 2. The van der Waals surface area contributed by atoms with E-state index in [1.165, 1.54) is 5.56 Å². The molecule has 0 amide bonds. The van der Waals surface area contributed by atoms with E-state index in [1.54, 1.807) is 0 Å². The Labute approximate surface area is 176 Å². The van der Waals surface area contributed by atoms with Gasteiger partial charge in [-0.15, -0.1) is 24.0 Å². The van der Waals surface area contributed by atoms with Crippen molar-refractivity contribution in [2.75, 3.05) is 26.8 Å². The van der Waals surface area contributed by atoms with Gasteiger partial charge in [0.1, 0.15) is 0 Å². The van der Waals surface area contributed by atoms with Crippen molar-refractivity contribution in [1.29, 1.82) is 0 Å². The van der Waals surface area contributed by atoms with Crippen LogP contribution in [0.5, 0.6) is 0 Å². The van der Waals surface area contributed by atoms with Gasteiger partial charge in [0.15, 0.2) is 5.96 Å². The standard InChI is InChI=1S/C19H26BrN3O.HI/c1-21-18(23-17-4-2-3-5-17)22-14-19(10-12-24-13-11-19)15-6-8-16(20)9-7-15;/h2-3,6-9,17H,4-5,10-14H2,1H3,(H2,21,22,23);1H. The topological polar surface area (TPSA) is 45.7 Å². The zero-order chi connectivity index (χ0) is 16.8. The van der Waals surface area contributed by atoms with Crippen molar-refractivity contribution >= 4 is 45.9 Å². The molecule has 138 valence electrons. The fourth-order valence-corrected chi connectivity index (χ4v) is 3.77. The Morgan fingerprint density at radius 3 is 2.44 bits per heavy atom. The van der Waals surface area contributed by atoms with Gasteiger partial charge in [-0.05, 0) is 43.4 Å². The van der Waals surface area contributed by atoms with E-state index in [1.807, 2.05) is 7.05 Å². The van der Waals surface area contributed by atoms with Crippen molar-refractivity contribution in [3.63, 3.8) is 0 Å². The van der Waals surface area contributed by atoms with Crippen LogP contribution in [0.3, 0.4) is 0 Å². The quantitative estimate of drug-likeness (QED) is 0.273. The Morgan fingerprint density at radius 2 is 1.84 bits per heavy atom. The summed E-state index contributed by atoms with van der Waals surface area (Å²) < 4.78 is 6.74. The summed E-state index contributed by atoms with van der Waals surface area (Å²) in [4.78, 5) is 4.40. The highest BCUT2D eigenvalue weighted by Crippen LogP contribution is 2.34. The van der Waals surface area contributed by atoms with Gasteiger partial charge < -0.3 is 15.4 Å². The predicted molar refractivity (Wildman–Crippen MR) is 118 cm³/mol. The van der Waals surface area contributed by atoms with Crippen LogP contribution in [0, 0.1) is 0 Å². The Kier molecular flexibility index (Phi) is 8.22. The highest BCUT2D eigenvalue weighted by atomic mass is 127. The maximum Gasteiger partial charge on any atom is 0.191 e. The smallest absolute Gasteiger partial charge is 0.191 e. The molecule has 0 spiro atoms. The number of hydrogen-bond donors (Lipinski definition) is 2. The first-order valence-corrected chi connectivity index (χ1v) is 9.47. The molecule has 25 heavy (non-hydrogen) atoms. The molecule has 0 atom stereocenters. The highest BCUT2D eigenvalue weighted by molar-refractivity contribution is 14.0. The van der Waals surface area contributed by atoms with Crippen molar-refractivity contribution in [2.24, 2.45) is 4.99 Å².